The van der Waals surface area contributed by atoms with Crippen LogP contribution in [0.2, 0.25) is 0 Å². The first kappa shape index (κ1) is 43.3. The fourth-order valence-corrected chi connectivity index (χ4v) is 7.10. The molecule has 14 heteroatoms. The summed E-state index contributed by atoms with van der Waals surface area (Å²) in [5.74, 6) is -1.19. The molecule has 1 aliphatic rings. The maximum Gasteiger partial charge on any atom is 0.405 e. The molecule has 0 aliphatic carbocycles. The van der Waals surface area contributed by atoms with Gasteiger partial charge in [0.05, 0.1) is 30.1 Å². The first-order valence-corrected chi connectivity index (χ1v) is 19.8. The van der Waals surface area contributed by atoms with Gasteiger partial charge in [-0.1, -0.05) is 108 Å². The van der Waals surface area contributed by atoms with Gasteiger partial charge in [0.2, 0.25) is 5.91 Å². The summed E-state index contributed by atoms with van der Waals surface area (Å²) in [4.78, 5) is 65.9. The van der Waals surface area contributed by atoms with Gasteiger partial charge in [-0.25, -0.2) is 14.6 Å². The number of hydrogen-bond donors (Lipinski definition) is 5. The zero-order chi connectivity index (χ0) is 41.8. The Hall–Kier alpha value is -5.86. The third-order valence-corrected chi connectivity index (χ3v) is 10.4. The van der Waals surface area contributed by atoms with Gasteiger partial charge in [0.15, 0.2) is 0 Å². The number of nitrogens with zero attached hydrogens (tertiary/aromatic N) is 5. The molecule has 5 atom stereocenters. The van der Waals surface area contributed by atoms with Gasteiger partial charge >= 0.3 is 12.1 Å². The highest BCUT2D eigenvalue weighted by Crippen LogP contribution is 2.24. The fraction of sp³-hybridized carbons (Fsp3) is 0.409. The predicted octanol–water partition coefficient (Wildman–Crippen LogP) is 5.10. The molecular weight excluding hydrogens is 737 g/mol. The molecule has 308 valence electrons. The molecule has 5 rings (SSSR count). The van der Waals surface area contributed by atoms with Gasteiger partial charge in [-0.15, -0.1) is 0 Å². The van der Waals surface area contributed by atoms with Crippen molar-refractivity contribution < 1.29 is 29.4 Å². The van der Waals surface area contributed by atoms with E-state index >= 15 is 0 Å². The van der Waals surface area contributed by atoms with Crippen LogP contribution < -0.4 is 16.1 Å². The van der Waals surface area contributed by atoms with Crippen molar-refractivity contribution in [2.75, 3.05) is 19.6 Å². The molecule has 0 spiro atoms. The second-order valence-electron chi connectivity index (χ2n) is 15.9. The summed E-state index contributed by atoms with van der Waals surface area (Å²) in [5.41, 5.74) is 6.20. The second-order valence-corrected chi connectivity index (χ2v) is 15.9. The minimum absolute atomic E-state index is 0.135. The Bertz CT molecular complexity index is 1950. The molecule has 14 nitrogen and oxygen atoms in total. The molecule has 5 N–H and O–H groups in total. The number of hydrogen-bond acceptors (Lipinski definition) is 8. The summed E-state index contributed by atoms with van der Waals surface area (Å²) in [6.45, 7) is 10.3. The van der Waals surface area contributed by atoms with Crippen molar-refractivity contribution in [3.05, 3.63) is 120 Å². The van der Waals surface area contributed by atoms with Gasteiger partial charge in [0.25, 0.3) is 5.91 Å². The fourth-order valence-electron chi connectivity index (χ4n) is 7.10. The van der Waals surface area contributed by atoms with Crippen molar-refractivity contribution in [1.29, 1.82) is 0 Å². The molecule has 2 aromatic carbocycles. The molecule has 0 bridgehead atoms. The van der Waals surface area contributed by atoms with Crippen LogP contribution in [-0.2, 0) is 29.1 Å². The van der Waals surface area contributed by atoms with Crippen LogP contribution in [0.1, 0.15) is 57.9 Å². The number of carbonyl (C=O) groups is 4. The molecule has 1 fully saturated rings. The summed E-state index contributed by atoms with van der Waals surface area (Å²) < 4.78 is 0. The Balaban J connectivity index is 1.41. The number of aliphatic hydroxyl groups excluding tert-OH is 1. The minimum Gasteiger partial charge on any atom is -0.465 e. The average molecular weight is 793 g/mol. The van der Waals surface area contributed by atoms with Gasteiger partial charge in [0, 0.05) is 44.1 Å². The number of nitrogens with one attached hydrogen (secondary N) is 3. The Kier molecular flexibility index (Phi) is 14.9. The summed E-state index contributed by atoms with van der Waals surface area (Å²) in [6.07, 6.45) is 1.72. The largest absolute Gasteiger partial charge is 0.465 e. The van der Waals surface area contributed by atoms with Crippen molar-refractivity contribution in [1.82, 2.24) is 40.8 Å². The summed E-state index contributed by atoms with van der Waals surface area (Å²) in [6, 6.07) is 25.3. The van der Waals surface area contributed by atoms with Gasteiger partial charge in [-0.2, -0.15) is 0 Å². The number of pyridine rings is 2. The van der Waals surface area contributed by atoms with Gasteiger partial charge in [-0.3, -0.25) is 25.0 Å². The van der Waals surface area contributed by atoms with Crippen LogP contribution in [-0.4, -0.2) is 103 Å². The van der Waals surface area contributed by atoms with Gasteiger partial charge in [0.1, 0.15) is 12.1 Å². The summed E-state index contributed by atoms with van der Waals surface area (Å²) in [7, 11) is 0. The molecule has 1 aliphatic heterocycles. The van der Waals surface area contributed by atoms with E-state index in [-0.39, 0.29) is 37.4 Å². The third-order valence-electron chi connectivity index (χ3n) is 10.4. The zero-order valence-electron chi connectivity index (χ0n) is 33.9. The highest BCUT2D eigenvalue weighted by molar-refractivity contribution is 5.88. The van der Waals surface area contributed by atoms with E-state index in [0.29, 0.717) is 26.1 Å². The van der Waals surface area contributed by atoms with Crippen LogP contribution in [0.25, 0.3) is 11.3 Å². The summed E-state index contributed by atoms with van der Waals surface area (Å²) >= 11 is 0. The first-order chi connectivity index (χ1) is 27.7. The normalized spacial score (nSPS) is 15.7. The molecule has 1 saturated heterocycles. The molecular formula is C44H56N8O6. The number of amides is 5. The van der Waals surface area contributed by atoms with E-state index in [0.717, 1.165) is 28.1 Å². The number of rotatable bonds is 18. The monoisotopic (exact) mass is 792 g/mol. The quantitative estimate of drug-likeness (QED) is 0.0858. The van der Waals surface area contributed by atoms with Crippen molar-refractivity contribution in [2.45, 2.75) is 84.8 Å². The van der Waals surface area contributed by atoms with Crippen LogP contribution in [0.5, 0.6) is 0 Å². The number of aliphatic hydroxyl groups is 1. The molecule has 2 aromatic heterocycles. The van der Waals surface area contributed by atoms with E-state index < -0.39 is 41.6 Å². The Morgan fingerprint density at radius 3 is 2.12 bits per heavy atom. The van der Waals surface area contributed by atoms with E-state index in [4.69, 9.17) is 0 Å². The van der Waals surface area contributed by atoms with Crippen LogP contribution >= 0.6 is 0 Å². The molecule has 5 amide bonds. The van der Waals surface area contributed by atoms with E-state index in [2.05, 4.69) is 26.0 Å². The van der Waals surface area contributed by atoms with Crippen molar-refractivity contribution in [3.63, 3.8) is 0 Å². The van der Waals surface area contributed by atoms with Crippen molar-refractivity contribution in [2.24, 2.45) is 11.3 Å². The number of carboxylic acid groups (broad SMARTS) is 1. The lowest BCUT2D eigenvalue weighted by atomic mass is 9.86. The highest BCUT2D eigenvalue weighted by Gasteiger charge is 2.41. The topological polar surface area (TPSA) is 180 Å². The Morgan fingerprint density at radius 1 is 0.845 bits per heavy atom. The number of hydrazine groups is 1. The average Bonchev–Trinajstić information content (AvgIpc) is 3.55. The molecule has 58 heavy (non-hydrogen) atoms. The van der Waals surface area contributed by atoms with Crippen LogP contribution in [0.4, 0.5) is 9.59 Å². The van der Waals surface area contributed by atoms with Crippen molar-refractivity contribution >= 4 is 23.9 Å². The Labute approximate surface area is 340 Å². The zero-order valence-corrected chi connectivity index (χ0v) is 33.9. The van der Waals surface area contributed by atoms with Gasteiger partial charge < -0.3 is 30.6 Å². The maximum absolute atomic E-state index is 14.5. The first-order valence-electron chi connectivity index (χ1n) is 19.8. The molecule has 4 aromatic rings. The third kappa shape index (κ3) is 11.8. The van der Waals surface area contributed by atoms with Crippen LogP contribution in [0.3, 0.4) is 0 Å². The minimum atomic E-state index is -1.34. The SMILES string of the molecule is CCC(C)C(C(=O)NC(Cc1ccccc1)C(O)CN(Cc1ccc(-c2ccccn2)cc1)NC(=O)C(NC(=O)O)C(C)(C)C)N1CCN(Cc2ccccn2)C1=O. The highest BCUT2D eigenvalue weighted by atomic mass is 16.4. The molecule has 0 saturated carbocycles. The molecule has 5 unspecified atom stereocenters. The smallest absolute Gasteiger partial charge is 0.405 e. The lowest BCUT2D eigenvalue weighted by Gasteiger charge is -2.36. The van der Waals surface area contributed by atoms with Crippen LogP contribution in [0, 0.1) is 11.3 Å². The Morgan fingerprint density at radius 2 is 1.52 bits per heavy atom. The molecule has 3 heterocycles. The lowest BCUT2D eigenvalue weighted by Crippen LogP contribution is -2.60. The van der Waals surface area contributed by atoms with E-state index in [9.17, 15) is 29.4 Å². The number of benzene rings is 2. The number of carbonyl (C=O) groups excluding carboxylic acids is 3. The number of urea groups is 1. The second kappa shape index (κ2) is 20.0. The van der Waals surface area contributed by atoms with E-state index in [1.165, 1.54) is 0 Å². The standard InChI is InChI=1S/C44H56N8O6/c1-6-30(2)38(52-25-24-50(43(52)58)28-34-16-10-12-22-45-34)40(54)47-36(26-31-14-8-7-9-15-31)37(53)29-51(49-41(55)39(44(3,4)5)48-42(56)57)27-32-18-20-33(21-19-32)35-17-11-13-23-46-35/h7-23,30,36-39,48,53H,6,24-29H2,1-5H3,(H,47,54)(H,49,55)(H,56,57). The predicted molar refractivity (Wildman–Crippen MR) is 221 cm³/mol. The number of aromatic nitrogens is 2. The maximum atomic E-state index is 14.5. The lowest BCUT2D eigenvalue weighted by molar-refractivity contribution is -0.132. The van der Waals surface area contributed by atoms with Crippen LogP contribution in [0.15, 0.2) is 103 Å². The summed E-state index contributed by atoms with van der Waals surface area (Å²) in [5, 5.41) is 28.7. The van der Waals surface area contributed by atoms with Crippen molar-refractivity contribution in [3.8, 4) is 11.3 Å². The van der Waals surface area contributed by atoms with Gasteiger partial charge in [-0.05, 0) is 53.1 Å². The van der Waals surface area contributed by atoms with E-state index in [1.54, 1.807) is 48.0 Å². The molecule has 0 radical (unpaired) electrons. The van der Waals surface area contributed by atoms with E-state index in [1.807, 2.05) is 105 Å².